The van der Waals surface area contributed by atoms with Gasteiger partial charge in [-0.1, -0.05) is 6.92 Å². The molecule has 2 rings (SSSR count). The first kappa shape index (κ1) is 14.3. The number of aliphatic hydroxyl groups is 2. The predicted octanol–water partition coefficient (Wildman–Crippen LogP) is -1.40. The molecule has 0 spiro atoms. The summed E-state index contributed by atoms with van der Waals surface area (Å²) in [6, 6.07) is 0. The highest BCUT2D eigenvalue weighted by molar-refractivity contribution is 7.89. The van der Waals surface area contributed by atoms with Gasteiger partial charge in [0.2, 0.25) is 10.0 Å². The third-order valence-electron chi connectivity index (χ3n) is 3.05. The smallest absolute Gasteiger partial charge is 0.248 e. The summed E-state index contributed by atoms with van der Waals surface area (Å²) in [5, 5.41) is 22.8. The molecule has 108 valence electrons. The summed E-state index contributed by atoms with van der Waals surface area (Å²) in [5.74, 6) is -0.0654. The van der Waals surface area contributed by atoms with Crippen molar-refractivity contribution in [3.63, 3.8) is 0 Å². The molecule has 2 atom stereocenters. The lowest BCUT2D eigenvalue weighted by Gasteiger charge is -2.14. The Morgan fingerprint density at radius 2 is 2.00 bits per heavy atom. The highest BCUT2D eigenvalue weighted by Gasteiger charge is 2.39. The van der Waals surface area contributed by atoms with Gasteiger partial charge in [0.1, 0.15) is 4.90 Å². The fourth-order valence-corrected chi connectivity index (χ4v) is 3.57. The van der Waals surface area contributed by atoms with Crippen molar-refractivity contribution in [1.29, 1.82) is 0 Å². The molecular formula is C10H18N4O4S. The molecular weight excluding hydrogens is 272 g/mol. The van der Waals surface area contributed by atoms with E-state index in [9.17, 15) is 18.6 Å². The van der Waals surface area contributed by atoms with E-state index in [4.69, 9.17) is 5.73 Å². The fraction of sp³-hybridized carbons (Fsp3) is 0.700. The van der Waals surface area contributed by atoms with Gasteiger partial charge in [0.25, 0.3) is 0 Å². The van der Waals surface area contributed by atoms with Gasteiger partial charge in [-0.3, -0.25) is 4.68 Å². The maximum atomic E-state index is 12.3. The first-order chi connectivity index (χ1) is 8.86. The number of aliphatic hydroxyl groups excluding tert-OH is 2. The number of anilines is 1. The number of aromatic nitrogens is 2. The second kappa shape index (κ2) is 5.08. The molecule has 8 nitrogen and oxygen atoms in total. The van der Waals surface area contributed by atoms with E-state index < -0.39 is 22.2 Å². The molecule has 0 saturated carbocycles. The number of β-amino-alcohol motifs (C(OH)–C–C–N with tert-alkyl or cyclic N) is 2. The highest BCUT2D eigenvalue weighted by Crippen LogP contribution is 2.25. The monoisotopic (exact) mass is 290 g/mol. The van der Waals surface area contributed by atoms with Gasteiger partial charge in [-0.25, -0.2) is 8.42 Å². The normalized spacial score (nSPS) is 25.0. The maximum absolute atomic E-state index is 12.3. The number of nitrogens with two attached hydrogens (primary N) is 1. The van der Waals surface area contributed by atoms with E-state index in [1.165, 1.54) is 10.9 Å². The average Bonchev–Trinajstić information content (AvgIpc) is 2.85. The van der Waals surface area contributed by atoms with Gasteiger partial charge < -0.3 is 15.9 Å². The van der Waals surface area contributed by atoms with E-state index in [0.717, 1.165) is 10.7 Å². The summed E-state index contributed by atoms with van der Waals surface area (Å²) in [6.45, 7) is 2.24. The molecule has 0 amide bonds. The van der Waals surface area contributed by atoms with Crippen LogP contribution in [0.1, 0.15) is 13.3 Å². The minimum Gasteiger partial charge on any atom is -0.389 e. The van der Waals surface area contributed by atoms with Crippen molar-refractivity contribution < 1.29 is 18.6 Å². The van der Waals surface area contributed by atoms with E-state index in [-0.39, 0.29) is 23.8 Å². The summed E-state index contributed by atoms with van der Waals surface area (Å²) >= 11 is 0. The minimum atomic E-state index is -3.83. The molecule has 19 heavy (non-hydrogen) atoms. The number of nitrogens with zero attached hydrogens (tertiary/aromatic N) is 3. The minimum absolute atomic E-state index is 0.0654. The molecule has 1 aliphatic rings. The topological polar surface area (TPSA) is 122 Å². The first-order valence-corrected chi connectivity index (χ1v) is 7.49. The SMILES string of the molecule is CCCn1cc(S(=O)(=O)N2CC(O)C(O)C2)c(N)n1. The number of rotatable bonds is 4. The van der Waals surface area contributed by atoms with Crippen LogP contribution in [-0.4, -0.2) is 58.0 Å². The van der Waals surface area contributed by atoms with Crippen LogP contribution in [0.25, 0.3) is 0 Å². The zero-order valence-electron chi connectivity index (χ0n) is 10.6. The van der Waals surface area contributed by atoms with Crippen molar-refractivity contribution in [2.75, 3.05) is 18.8 Å². The van der Waals surface area contributed by atoms with Crippen molar-refractivity contribution in [2.24, 2.45) is 0 Å². The zero-order chi connectivity index (χ0) is 14.2. The van der Waals surface area contributed by atoms with Crippen LogP contribution < -0.4 is 5.73 Å². The Labute approximate surface area is 111 Å². The van der Waals surface area contributed by atoms with Crippen molar-refractivity contribution >= 4 is 15.8 Å². The Morgan fingerprint density at radius 3 is 2.53 bits per heavy atom. The van der Waals surface area contributed by atoms with Crippen LogP contribution in [0.4, 0.5) is 5.82 Å². The molecule has 2 unspecified atom stereocenters. The second-order valence-electron chi connectivity index (χ2n) is 4.60. The molecule has 2 heterocycles. The van der Waals surface area contributed by atoms with Crippen molar-refractivity contribution in [1.82, 2.24) is 14.1 Å². The Balaban J connectivity index is 2.30. The summed E-state index contributed by atoms with van der Waals surface area (Å²) < 4.78 is 27.2. The van der Waals surface area contributed by atoms with Crippen LogP contribution in [0.3, 0.4) is 0 Å². The molecule has 9 heteroatoms. The Bertz CT molecular complexity index is 546. The molecule has 1 fully saturated rings. The number of hydrogen-bond donors (Lipinski definition) is 3. The number of aryl methyl sites for hydroxylation is 1. The first-order valence-electron chi connectivity index (χ1n) is 6.05. The van der Waals surface area contributed by atoms with Gasteiger partial charge in [0, 0.05) is 25.8 Å². The Morgan fingerprint density at radius 1 is 1.42 bits per heavy atom. The predicted molar refractivity (Wildman–Crippen MR) is 67.7 cm³/mol. The molecule has 4 N–H and O–H groups in total. The molecule has 1 aromatic rings. The number of nitrogen functional groups attached to an aromatic ring is 1. The van der Waals surface area contributed by atoms with Gasteiger partial charge in [-0.2, -0.15) is 9.40 Å². The Hall–Kier alpha value is -1.16. The van der Waals surface area contributed by atoms with Gasteiger partial charge in [0.15, 0.2) is 5.82 Å². The lowest BCUT2D eigenvalue weighted by atomic mass is 10.3. The highest BCUT2D eigenvalue weighted by atomic mass is 32.2. The molecule has 0 radical (unpaired) electrons. The van der Waals surface area contributed by atoms with E-state index in [1.807, 2.05) is 6.92 Å². The van der Waals surface area contributed by atoms with Crippen LogP contribution in [0, 0.1) is 0 Å². The number of hydrogen-bond acceptors (Lipinski definition) is 6. The lowest BCUT2D eigenvalue weighted by molar-refractivity contribution is 0.0572. The average molecular weight is 290 g/mol. The van der Waals surface area contributed by atoms with E-state index in [2.05, 4.69) is 5.10 Å². The third-order valence-corrected chi connectivity index (χ3v) is 4.90. The van der Waals surface area contributed by atoms with Gasteiger partial charge in [-0.05, 0) is 6.42 Å². The maximum Gasteiger partial charge on any atom is 0.248 e. The van der Waals surface area contributed by atoms with E-state index in [1.54, 1.807) is 0 Å². The second-order valence-corrected chi connectivity index (χ2v) is 6.50. The van der Waals surface area contributed by atoms with E-state index >= 15 is 0 Å². The van der Waals surface area contributed by atoms with Gasteiger partial charge >= 0.3 is 0 Å². The van der Waals surface area contributed by atoms with Crippen LogP contribution in [0.15, 0.2) is 11.1 Å². The quantitative estimate of drug-likeness (QED) is 0.627. The van der Waals surface area contributed by atoms with Crippen molar-refractivity contribution in [3.8, 4) is 0 Å². The van der Waals surface area contributed by atoms with Crippen LogP contribution in [-0.2, 0) is 16.6 Å². The van der Waals surface area contributed by atoms with Crippen LogP contribution in [0.5, 0.6) is 0 Å². The Kier molecular flexibility index (Phi) is 3.81. The standard InChI is InChI=1S/C10H18N4O4S/c1-2-3-13-6-9(10(11)12-13)19(17,18)14-4-7(15)8(16)5-14/h6-8,15-16H,2-5H2,1H3,(H2,11,12). The van der Waals surface area contributed by atoms with Crippen LogP contribution in [0.2, 0.25) is 0 Å². The zero-order valence-corrected chi connectivity index (χ0v) is 11.4. The summed E-state index contributed by atoms with van der Waals surface area (Å²) in [6.07, 6.45) is 0.0517. The van der Waals surface area contributed by atoms with Crippen LogP contribution >= 0.6 is 0 Å². The molecule has 1 saturated heterocycles. The molecule has 1 aromatic heterocycles. The third kappa shape index (κ3) is 2.59. The molecule has 0 aliphatic carbocycles. The molecule has 0 bridgehead atoms. The molecule has 1 aliphatic heterocycles. The largest absolute Gasteiger partial charge is 0.389 e. The lowest BCUT2D eigenvalue weighted by Crippen LogP contribution is -2.30. The number of sulfonamides is 1. The van der Waals surface area contributed by atoms with Crippen molar-refractivity contribution in [3.05, 3.63) is 6.20 Å². The fourth-order valence-electron chi connectivity index (χ4n) is 2.03. The van der Waals surface area contributed by atoms with Gasteiger partial charge in [0.05, 0.1) is 12.2 Å². The summed E-state index contributed by atoms with van der Waals surface area (Å²) in [7, 11) is -3.83. The van der Waals surface area contributed by atoms with Gasteiger partial charge in [-0.15, -0.1) is 0 Å². The summed E-state index contributed by atoms with van der Waals surface area (Å²) in [4.78, 5) is -0.0812. The summed E-state index contributed by atoms with van der Waals surface area (Å²) in [5.41, 5.74) is 5.63. The molecule has 0 aromatic carbocycles. The van der Waals surface area contributed by atoms with E-state index in [0.29, 0.717) is 6.54 Å². The van der Waals surface area contributed by atoms with Crippen molar-refractivity contribution in [2.45, 2.75) is 37.0 Å².